The second-order valence-corrected chi connectivity index (χ2v) is 3.38. The highest BCUT2D eigenvalue weighted by atomic mass is 19.3. The van der Waals surface area contributed by atoms with Crippen LogP contribution in [0, 0.1) is 0 Å². The van der Waals surface area contributed by atoms with Crippen LogP contribution in [-0.2, 0) is 0 Å². The van der Waals surface area contributed by atoms with Gasteiger partial charge in [-0.2, -0.15) is 8.78 Å². The molecule has 16 heavy (non-hydrogen) atoms. The Morgan fingerprint density at radius 3 is 2.19 bits per heavy atom. The van der Waals surface area contributed by atoms with Crippen LogP contribution in [0.5, 0.6) is 0 Å². The van der Waals surface area contributed by atoms with Crippen molar-refractivity contribution < 1.29 is 17.6 Å². The Hall–Kier alpha value is -1.10. The topological polar surface area (TPSA) is 12.0 Å². The van der Waals surface area contributed by atoms with E-state index in [1.807, 2.05) is 0 Å². The van der Waals surface area contributed by atoms with Crippen LogP contribution in [0.15, 0.2) is 30.3 Å². The second kappa shape index (κ2) is 5.30. The van der Waals surface area contributed by atoms with Crippen LogP contribution in [-0.4, -0.2) is 18.9 Å². The molecule has 0 amide bonds. The van der Waals surface area contributed by atoms with Crippen LogP contribution in [0.4, 0.5) is 17.6 Å². The highest BCUT2D eigenvalue weighted by Gasteiger charge is 2.48. The fourth-order valence-electron chi connectivity index (χ4n) is 1.45. The Morgan fingerprint density at radius 1 is 1.19 bits per heavy atom. The largest absolute Gasteiger partial charge is 0.326 e. The summed E-state index contributed by atoms with van der Waals surface area (Å²) in [7, 11) is 0. The van der Waals surface area contributed by atoms with Crippen molar-refractivity contribution in [2.45, 2.75) is 25.3 Å². The third-order valence-electron chi connectivity index (χ3n) is 2.22. The van der Waals surface area contributed by atoms with Crippen molar-refractivity contribution in [2.24, 2.45) is 0 Å². The van der Waals surface area contributed by atoms with Gasteiger partial charge in [0.15, 0.2) is 0 Å². The van der Waals surface area contributed by atoms with Crippen LogP contribution in [0.1, 0.15) is 18.5 Å². The third-order valence-corrected chi connectivity index (χ3v) is 2.22. The molecule has 0 spiro atoms. The van der Waals surface area contributed by atoms with Gasteiger partial charge in [0, 0.05) is 0 Å². The zero-order chi connectivity index (χ0) is 12.2. The van der Waals surface area contributed by atoms with E-state index in [2.05, 4.69) is 5.32 Å². The van der Waals surface area contributed by atoms with Crippen molar-refractivity contribution in [3.8, 4) is 0 Å². The van der Waals surface area contributed by atoms with Crippen LogP contribution in [0.3, 0.4) is 0 Å². The Bertz CT molecular complexity index is 313. The van der Waals surface area contributed by atoms with E-state index in [0.717, 1.165) is 0 Å². The van der Waals surface area contributed by atoms with Gasteiger partial charge < -0.3 is 5.32 Å². The normalized spacial score (nSPS) is 14.1. The molecule has 0 aromatic heterocycles. The zero-order valence-corrected chi connectivity index (χ0v) is 8.76. The van der Waals surface area contributed by atoms with Crippen molar-refractivity contribution in [1.29, 1.82) is 0 Å². The molecule has 0 heterocycles. The molecule has 1 aromatic rings. The fourth-order valence-corrected chi connectivity index (χ4v) is 1.45. The first-order chi connectivity index (χ1) is 7.50. The number of benzene rings is 1. The number of alkyl halides is 4. The Balaban J connectivity index is 3.00. The summed E-state index contributed by atoms with van der Waals surface area (Å²) < 4.78 is 51.1. The van der Waals surface area contributed by atoms with Gasteiger partial charge in [0.1, 0.15) is 6.04 Å². The van der Waals surface area contributed by atoms with Crippen LogP contribution < -0.4 is 5.32 Å². The lowest BCUT2D eigenvalue weighted by Crippen LogP contribution is -2.42. The van der Waals surface area contributed by atoms with Gasteiger partial charge in [-0.1, -0.05) is 37.3 Å². The molecule has 0 saturated heterocycles. The molecule has 0 bridgehead atoms. The zero-order valence-electron chi connectivity index (χ0n) is 8.76. The lowest BCUT2D eigenvalue weighted by atomic mass is 10.0. The molecule has 0 radical (unpaired) electrons. The average Bonchev–Trinajstić information content (AvgIpc) is 2.26. The summed E-state index contributed by atoms with van der Waals surface area (Å²) >= 11 is 0. The van der Waals surface area contributed by atoms with E-state index < -0.39 is 18.4 Å². The number of hydrogen-bond acceptors (Lipinski definition) is 1. The van der Waals surface area contributed by atoms with Crippen molar-refractivity contribution >= 4 is 0 Å². The van der Waals surface area contributed by atoms with E-state index in [4.69, 9.17) is 0 Å². The fraction of sp³-hybridized carbons (Fsp3) is 0.455. The predicted octanol–water partition coefficient (Wildman–Crippen LogP) is 3.24. The maximum absolute atomic E-state index is 13.3. The number of rotatable bonds is 5. The molecule has 1 unspecified atom stereocenters. The summed E-state index contributed by atoms with van der Waals surface area (Å²) in [4.78, 5) is 0. The second-order valence-electron chi connectivity index (χ2n) is 3.38. The van der Waals surface area contributed by atoms with Crippen molar-refractivity contribution in [1.82, 2.24) is 5.32 Å². The predicted molar refractivity (Wildman–Crippen MR) is 53.8 cm³/mol. The summed E-state index contributed by atoms with van der Waals surface area (Å²) in [5, 5.41) is 2.39. The molecular formula is C11H13F4N. The minimum Gasteiger partial charge on any atom is -0.305 e. The maximum Gasteiger partial charge on any atom is 0.326 e. The maximum atomic E-state index is 13.3. The highest BCUT2D eigenvalue weighted by Crippen LogP contribution is 2.36. The quantitative estimate of drug-likeness (QED) is 0.772. The van der Waals surface area contributed by atoms with E-state index in [9.17, 15) is 17.6 Å². The van der Waals surface area contributed by atoms with E-state index in [1.165, 1.54) is 12.1 Å². The van der Waals surface area contributed by atoms with Gasteiger partial charge in [-0.15, -0.1) is 0 Å². The van der Waals surface area contributed by atoms with Gasteiger partial charge in [0.05, 0.1) is 0 Å². The number of nitrogens with one attached hydrogen (secondary N) is 1. The first kappa shape index (κ1) is 13.0. The molecular weight excluding hydrogens is 222 g/mol. The van der Waals surface area contributed by atoms with Gasteiger partial charge in [-0.05, 0) is 12.1 Å². The highest BCUT2D eigenvalue weighted by molar-refractivity contribution is 5.21. The molecule has 1 N–H and O–H groups in total. The molecule has 1 rings (SSSR count). The summed E-state index contributed by atoms with van der Waals surface area (Å²) in [6, 6.07) is 5.89. The van der Waals surface area contributed by atoms with E-state index >= 15 is 0 Å². The molecule has 0 fully saturated rings. The van der Waals surface area contributed by atoms with E-state index in [0.29, 0.717) is 0 Å². The van der Waals surface area contributed by atoms with Crippen LogP contribution in [0.25, 0.3) is 0 Å². The Morgan fingerprint density at radius 2 is 1.75 bits per heavy atom. The smallest absolute Gasteiger partial charge is 0.305 e. The van der Waals surface area contributed by atoms with Gasteiger partial charge in [-0.25, -0.2) is 8.78 Å². The first-order valence-corrected chi connectivity index (χ1v) is 4.94. The molecule has 0 aliphatic rings. The van der Waals surface area contributed by atoms with E-state index in [-0.39, 0.29) is 12.1 Å². The SMILES string of the molecule is CCNC(c1ccccc1)C(F)(F)C(F)F. The summed E-state index contributed by atoms with van der Waals surface area (Å²) in [5.74, 6) is -4.07. The number of halogens is 4. The molecule has 5 heteroatoms. The van der Waals surface area contributed by atoms with Crippen LogP contribution in [0.2, 0.25) is 0 Å². The van der Waals surface area contributed by atoms with Crippen molar-refractivity contribution in [2.75, 3.05) is 6.54 Å². The van der Waals surface area contributed by atoms with Gasteiger partial charge in [0.2, 0.25) is 0 Å². The molecule has 0 aliphatic heterocycles. The lowest BCUT2D eigenvalue weighted by molar-refractivity contribution is -0.151. The summed E-state index contributed by atoms with van der Waals surface area (Å²) in [6.45, 7) is 1.79. The molecule has 1 aromatic carbocycles. The minimum absolute atomic E-state index is 0.162. The lowest BCUT2D eigenvalue weighted by Gasteiger charge is -2.27. The molecule has 0 saturated carbocycles. The first-order valence-electron chi connectivity index (χ1n) is 4.94. The standard InChI is InChI=1S/C11H13F4N/c1-2-16-9(11(14,15)10(12)13)8-6-4-3-5-7-8/h3-7,9-10,16H,2H2,1H3. The average molecular weight is 235 g/mol. The van der Waals surface area contributed by atoms with Crippen LogP contribution >= 0.6 is 0 Å². The minimum atomic E-state index is -4.07. The van der Waals surface area contributed by atoms with Gasteiger partial charge >= 0.3 is 12.3 Å². The molecule has 1 nitrogen and oxygen atoms in total. The Labute approximate surface area is 91.5 Å². The van der Waals surface area contributed by atoms with Gasteiger partial charge in [0.25, 0.3) is 0 Å². The summed E-state index contributed by atoms with van der Waals surface area (Å²) in [5.41, 5.74) is 0.162. The third kappa shape index (κ3) is 2.72. The summed E-state index contributed by atoms with van der Waals surface area (Å²) in [6.07, 6.45) is -3.68. The Kier molecular flexibility index (Phi) is 4.29. The monoisotopic (exact) mass is 235 g/mol. The van der Waals surface area contributed by atoms with E-state index in [1.54, 1.807) is 25.1 Å². The van der Waals surface area contributed by atoms with Crippen molar-refractivity contribution in [3.05, 3.63) is 35.9 Å². The molecule has 1 atom stereocenters. The molecule has 0 aliphatic carbocycles. The van der Waals surface area contributed by atoms with Gasteiger partial charge in [-0.3, -0.25) is 0 Å². The van der Waals surface area contributed by atoms with Crippen molar-refractivity contribution in [3.63, 3.8) is 0 Å². The number of hydrogen-bond donors (Lipinski definition) is 1. The molecule has 90 valence electrons.